The fourth-order valence-corrected chi connectivity index (χ4v) is 4.81. The Morgan fingerprint density at radius 2 is 1.82 bits per heavy atom. The average molecular weight is 382 g/mol. The lowest BCUT2D eigenvalue weighted by Gasteiger charge is -2.42. The minimum absolute atomic E-state index is 0.194. The second kappa shape index (κ2) is 9.23. The number of likely N-dealkylation sites (tertiary alicyclic amines) is 2. The van der Waals surface area contributed by atoms with E-state index in [1.807, 2.05) is 6.07 Å². The van der Waals surface area contributed by atoms with Gasteiger partial charge in [-0.25, -0.2) is 0 Å². The molecule has 3 fully saturated rings. The summed E-state index contributed by atoms with van der Waals surface area (Å²) >= 11 is 0. The summed E-state index contributed by atoms with van der Waals surface area (Å²) in [5, 5.41) is 0. The normalized spacial score (nSPS) is 25.2. The second-order valence-corrected chi connectivity index (χ2v) is 8.90. The highest BCUT2D eigenvalue weighted by atomic mass is 16.2. The van der Waals surface area contributed by atoms with Crippen LogP contribution in [-0.4, -0.2) is 72.5 Å². The van der Waals surface area contributed by atoms with Crippen molar-refractivity contribution in [1.29, 1.82) is 0 Å². The lowest BCUT2D eigenvalue weighted by atomic mass is 9.93. The van der Waals surface area contributed by atoms with Crippen LogP contribution < -0.4 is 0 Å². The number of carbonyl (C=O) groups excluding carboxylic acids is 1. The maximum absolute atomic E-state index is 13.4. The number of carbonyl (C=O) groups is 1. The molecule has 2 heterocycles. The highest BCUT2D eigenvalue weighted by molar-refractivity contribution is 5.80. The monoisotopic (exact) mass is 381 g/mol. The predicted octanol–water partition coefficient (Wildman–Crippen LogP) is 3.50. The molecule has 3 aliphatic rings. The molecule has 2 saturated heterocycles. The van der Waals surface area contributed by atoms with Gasteiger partial charge in [-0.3, -0.25) is 9.69 Å². The van der Waals surface area contributed by atoms with E-state index < -0.39 is 0 Å². The van der Waals surface area contributed by atoms with Gasteiger partial charge in [0, 0.05) is 25.2 Å². The Kier molecular flexibility index (Phi) is 6.48. The molecule has 1 amide bonds. The molecule has 1 unspecified atom stereocenters. The molecule has 1 saturated carbocycles. The Morgan fingerprint density at radius 3 is 2.54 bits per heavy atom. The Morgan fingerprint density at radius 1 is 1.07 bits per heavy atom. The number of hydrogen-bond donors (Lipinski definition) is 0. The van der Waals surface area contributed by atoms with Crippen molar-refractivity contribution < 1.29 is 4.79 Å². The zero-order valence-corrected chi connectivity index (χ0v) is 17.3. The van der Waals surface area contributed by atoms with E-state index in [2.05, 4.69) is 58.2 Å². The molecular formula is C24H35N3O. The quantitative estimate of drug-likeness (QED) is 0.755. The number of hydrogen-bond acceptors (Lipinski definition) is 3. The van der Waals surface area contributed by atoms with Gasteiger partial charge in [-0.05, 0) is 70.8 Å². The Labute approximate surface area is 170 Å². The van der Waals surface area contributed by atoms with Crippen molar-refractivity contribution in [2.45, 2.75) is 50.6 Å². The highest BCUT2D eigenvalue weighted by Gasteiger charge is 2.38. The zero-order chi connectivity index (χ0) is 19.3. The molecule has 1 atom stereocenters. The molecule has 1 aromatic rings. The van der Waals surface area contributed by atoms with Crippen LogP contribution in [0.15, 0.2) is 36.4 Å². The molecule has 0 aromatic heterocycles. The molecule has 28 heavy (non-hydrogen) atoms. The number of nitrogens with zero attached hydrogens (tertiary/aromatic N) is 3. The molecule has 1 aromatic carbocycles. The van der Waals surface area contributed by atoms with Crippen molar-refractivity contribution in [3.8, 4) is 0 Å². The molecule has 1 aliphatic carbocycles. The standard InChI is InChI=1S/C24H35N3O/c1-25-17-13-22(14-18-25)26-15-6-10-21(19-26)24(28)27(23-11-12-23)16-5-9-20-7-3-2-4-8-20/h2-5,7-9,21-23H,6,10-19H2,1H3. The van der Waals surface area contributed by atoms with Crippen LogP contribution in [0.5, 0.6) is 0 Å². The maximum atomic E-state index is 13.4. The van der Waals surface area contributed by atoms with Gasteiger partial charge >= 0.3 is 0 Å². The summed E-state index contributed by atoms with van der Waals surface area (Å²) in [6, 6.07) is 11.5. The molecule has 4 rings (SSSR count). The number of rotatable bonds is 6. The zero-order valence-electron chi connectivity index (χ0n) is 17.3. The van der Waals surface area contributed by atoms with E-state index in [0.717, 1.165) is 19.5 Å². The Hall–Kier alpha value is -1.65. The SMILES string of the molecule is CN1CCC(N2CCCC(C(=O)N(CC=Cc3ccccc3)C3CC3)C2)CC1. The van der Waals surface area contributed by atoms with Crippen LogP contribution in [-0.2, 0) is 4.79 Å². The van der Waals surface area contributed by atoms with Crippen LogP contribution >= 0.6 is 0 Å². The van der Waals surface area contributed by atoms with E-state index in [0.29, 0.717) is 18.0 Å². The molecule has 4 heteroatoms. The van der Waals surface area contributed by atoms with Crippen molar-refractivity contribution >= 4 is 12.0 Å². The third kappa shape index (κ3) is 5.03. The third-order valence-electron chi connectivity index (χ3n) is 6.69. The first-order chi connectivity index (χ1) is 13.7. The van der Waals surface area contributed by atoms with Gasteiger partial charge in [0.2, 0.25) is 5.91 Å². The van der Waals surface area contributed by atoms with Crippen LogP contribution in [0.1, 0.15) is 44.1 Å². The van der Waals surface area contributed by atoms with Crippen molar-refractivity contribution in [3.63, 3.8) is 0 Å². The minimum Gasteiger partial charge on any atom is -0.336 e. The van der Waals surface area contributed by atoms with Crippen molar-refractivity contribution in [2.24, 2.45) is 5.92 Å². The van der Waals surface area contributed by atoms with Crippen LogP contribution in [0.4, 0.5) is 0 Å². The van der Waals surface area contributed by atoms with E-state index in [-0.39, 0.29) is 5.92 Å². The fraction of sp³-hybridized carbons (Fsp3) is 0.625. The summed E-state index contributed by atoms with van der Waals surface area (Å²) < 4.78 is 0. The van der Waals surface area contributed by atoms with Gasteiger partial charge in [0.1, 0.15) is 0 Å². The molecule has 152 valence electrons. The smallest absolute Gasteiger partial charge is 0.227 e. The lowest BCUT2D eigenvalue weighted by Crippen LogP contribution is -2.51. The minimum atomic E-state index is 0.194. The van der Waals surface area contributed by atoms with E-state index >= 15 is 0 Å². The summed E-state index contributed by atoms with van der Waals surface area (Å²) in [4.78, 5) is 20.6. The van der Waals surface area contributed by atoms with Gasteiger partial charge < -0.3 is 9.80 Å². The van der Waals surface area contributed by atoms with Gasteiger partial charge in [0.25, 0.3) is 0 Å². The second-order valence-electron chi connectivity index (χ2n) is 8.90. The first kappa shape index (κ1) is 19.7. The molecule has 0 radical (unpaired) electrons. The van der Waals surface area contributed by atoms with Gasteiger partial charge in [-0.2, -0.15) is 0 Å². The predicted molar refractivity (Wildman–Crippen MR) is 115 cm³/mol. The molecule has 4 nitrogen and oxygen atoms in total. The summed E-state index contributed by atoms with van der Waals surface area (Å²) in [7, 11) is 2.22. The third-order valence-corrected chi connectivity index (χ3v) is 6.69. The molecule has 2 aliphatic heterocycles. The van der Waals surface area contributed by atoms with Crippen LogP contribution in [0.3, 0.4) is 0 Å². The van der Waals surface area contributed by atoms with E-state index in [9.17, 15) is 4.79 Å². The number of piperidine rings is 2. The van der Waals surface area contributed by atoms with Gasteiger partial charge in [0.05, 0.1) is 5.92 Å². The van der Waals surface area contributed by atoms with E-state index in [4.69, 9.17) is 0 Å². The summed E-state index contributed by atoms with van der Waals surface area (Å²) in [6.45, 7) is 5.29. The van der Waals surface area contributed by atoms with E-state index in [1.165, 1.54) is 57.3 Å². The maximum Gasteiger partial charge on any atom is 0.227 e. The average Bonchev–Trinajstić information content (AvgIpc) is 3.57. The van der Waals surface area contributed by atoms with Crippen molar-refractivity contribution in [1.82, 2.24) is 14.7 Å². The Balaban J connectivity index is 1.35. The number of amides is 1. The van der Waals surface area contributed by atoms with Crippen molar-refractivity contribution in [3.05, 3.63) is 42.0 Å². The molecular weight excluding hydrogens is 346 g/mol. The van der Waals surface area contributed by atoms with E-state index in [1.54, 1.807) is 0 Å². The summed E-state index contributed by atoms with van der Waals surface area (Å²) in [5.74, 6) is 0.594. The van der Waals surface area contributed by atoms with Crippen LogP contribution in [0.2, 0.25) is 0 Å². The molecule has 0 spiro atoms. The topological polar surface area (TPSA) is 26.8 Å². The largest absolute Gasteiger partial charge is 0.336 e. The van der Waals surface area contributed by atoms with Gasteiger partial charge in [0.15, 0.2) is 0 Å². The summed E-state index contributed by atoms with van der Waals surface area (Å²) in [5.41, 5.74) is 1.21. The van der Waals surface area contributed by atoms with Crippen molar-refractivity contribution in [2.75, 3.05) is 39.8 Å². The van der Waals surface area contributed by atoms with Crippen LogP contribution in [0, 0.1) is 5.92 Å². The van der Waals surface area contributed by atoms with Gasteiger partial charge in [-0.15, -0.1) is 0 Å². The highest BCUT2D eigenvalue weighted by Crippen LogP contribution is 2.31. The Bertz CT molecular complexity index is 662. The van der Waals surface area contributed by atoms with Crippen LogP contribution in [0.25, 0.3) is 6.08 Å². The number of benzene rings is 1. The summed E-state index contributed by atoms with van der Waals surface area (Å²) in [6.07, 6.45) is 11.4. The first-order valence-electron chi connectivity index (χ1n) is 11.2. The van der Waals surface area contributed by atoms with Gasteiger partial charge in [-0.1, -0.05) is 42.5 Å². The molecule has 0 bridgehead atoms. The first-order valence-corrected chi connectivity index (χ1v) is 11.2. The molecule has 0 N–H and O–H groups in total. The fourth-order valence-electron chi connectivity index (χ4n) is 4.81. The lowest BCUT2D eigenvalue weighted by molar-refractivity contribution is -0.137.